The lowest BCUT2D eigenvalue weighted by Crippen LogP contribution is -1.94. The summed E-state index contributed by atoms with van der Waals surface area (Å²) in [6, 6.07) is 5.08. The maximum absolute atomic E-state index is 13.9. The Balaban J connectivity index is 2.63. The van der Waals surface area contributed by atoms with Crippen molar-refractivity contribution in [2.45, 2.75) is 0 Å². The number of hydrogen-bond acceptors (Lipinski definition) is 4. The number of H-pyrrole nitrogens is 1. The Morgan fingerprint density at radius 2 is 1.78 bits per heavy atom. The third kappa shape index (κ3) is 2.33. The van der Waals surface area contributed by atoms with Gasteiger partial charge in [0.05, 0.1) is 26.2 Å². The average molecular weight is 266 g/mol. The fraction of sp³-hybridized carbons (Fsp3) is 0.167. The first kappa shape index (κ1) is 12.5. The third-order valence-corrected chi connectivity index (χ3v) is 2.72. The molecule has 2 rings (SSSR count). The molecule has 0 amide bonds. The van der Waals surface area contributed by atoms with Crippen LogP contribution < -0.4 is 9.47 Å². The molecule has 0 bridgehead atoms. The summed E-state index contributed by atoms with van der Waals surface area (Å²) < 4.78 is 24.1. The molecule has 0 aliphatic carbocycles. The highest BCUT2D eigenvalue weighted by Crippen LogP contribution is 2.29. The van der Waals surface area contributed by atoms with Crippen LogP contribution in [0, 0.1) is 10.5 Å². The van der Waals surface area contributed by atoms with Gasteiger partial charge in [0.25, 0.3) is 0 Å². The summed E-state index contributed by atoms with van der Waals surface area (Å²) in [7, 11) is 3.06. The van der Waals surface area contributed by atoms with Crippen molar-refractivity contribution < 1.29 is 13.9 Å². The number of hydrogen-bond donors (Lipinski definition) is 1. The number of halogens is 1. The van der Waals surface area contributed by atoms with Crippen LogP contribution in [0.15, 0.2) is 24.5 Å². The van der Waals surface area contributed by atoms with Crippen molar-refractivity contribution in [3.05, 3.63) is 35.0 Å². The molecule has 0 aliphatic heterocycles. The summed E-state index contributed by atoms with van der Waals surface area (Å²) in [5.74, 6) is 0.572. The lowest BCUT2D eigenvalue weighted by Gasteiger charge is -2.09. The van der Waals surface area contributed by atoms with Gasteiger partial charge in [-0.05, 0) is 12.1 Å². The molecule has 0 spiro atoms. The Kier molecular flexibility index (Phi) is 3.57. The van der Waals surface area contributed by atoms with Crippen LogP contribution in [0.4, 0.5) is 4.39 Å². The zero-order chi connectivity index (χ0) is 13.1. The van der Waals surface area contributed by atoms with E-state index in [0.29, 0.717) is 17.1 Å². The molecule has 0 aliphatic rings. The van der Waals surface area contributed by atoms with E-state index in [4.69, 9.17) is 21.7 Å². The highest BCUT2D eigenvalue weighted by molar-refractivity contribution is 7.71. The van der Waals surface area contributed by atoms with Gasteiger partial charge in [0, 0.05) is 11.6 Å². The van der Waals surface area contributed by atoms with Crippen molar-refractivity contribution >= 4 is 12.2 Å². The molecule has 1 aromatic carbocycles. The quantitative estimate of drug-likeness (QED) is 0.868. The average Bonchev–Trinajstić information content (AvgIpc) is 2.41. The second kappa shape index (κ2) is 5.14. The molecule has 18 heavy (non-hydrogen) atoms. The molecule has 6 heteroatoms. The van der Waals surface area contributed by atoms with E-state index in [1.807, 2.05) is 0 Å². The van der Waals surface area contributed by atoms with Crippen LogP contribution in [0.1, 0.15) is 0 Å². The lowest BCUT2D eigenvalue weighted by atomic mass is 10.1. The van der Waals surface area contributed by atoms with Crippen LogP contribution >= 0.6 is 12.2 Å². The molecule has 0 radical (unpaired) electrons. The summed E-state index contributed by atoms with van der Waals surface area (Å²) in [6.07, 6.45) is 1.35. The van der Waals surface area contributed by atoms with E-state index in [-0.39, 0.29) is 10.3 Å². The van der Waals surface area contributed by atoms with Crippen molar-refractivity contribution in [2.24, 2.45) is 0 Å². The minimum absolute atomic E-state index is 0.0782. The lowest BCUT2D eigenvalue weighted by molar-refractivity contribution is 0.394. The molecule has 1 aromatic heterocycles. The van der Waals surface area contributed by atoms with E-state index >= 15 is 0 Å². The SMILES string of the molecule is COc1cc(OC)cc(-c2[nH]cnc(=S)c2F)c1. The van der Waals surface area contributed by atoms with Crippen LogP contribution in [0.25, 0.3) is 11.3 Å². The van der Waals surface area contributed by atoms with E-state index in [1.54, 1.807) is 18.2 Å². The minimum Gasteiger partial charge on any atom is -0.497 e. The first-order valence-corrected chi connectivity index (χ1v) is 5.53. The van der Waals surface area contributed by atoms with Crippen LogP contribution in [-0.4, -0.2) is 24.2 Å². The number of nitrogens with zero attached hydrogens (tertiary/aromatic N) is 1. The largest absolute Gasteiger partial charge is 0.497 e. The molecule has 0 saturated carbocycles. The van der Waals surface area contributed by atoms with Gasteiger partial charge in [-0.25, -0.2) is 9.37 Å². The normalized spacial score (nSPS) is 10.2. The summed E-state index contributed by atoms with van der Waals surface area (Å²) in [6.45, 7) is 0. The summed E-state index contributed by atoms with van der Waals surface area (Å²) >= 11 is 4.79. The van der Waals surface area contributed by atoms with Gasteiger partial charge in [-0.2, -0.15) is 0 Å². The summed E-state index contributed by atoms with van der Waals surface area (Å²) in [5.41, 5.74) is 0.837. The van der Waals surface area contributed by atoms with Gasteiger partial charge in [-0.15, -0.1) is 0 Å². The monoisotopic (exact) mass is 266 g/mol. The van der Waals surface area contributed by atoms with Crippen molar-refractivity contribution in [1.82, 2.24) is 9.97 Å². The zero-order valence-corrected chi connectivity index (χ0v) is 10.7. The van der Waals surface area contributed by atoms with Crippen LogP contribution in [0.3, 0.4) is 0 Å². The molecule has 1 heterocycles. The maximum Gasteiger partial charge on any atom is 0.183 e. The van der Waals surface area contributed by atoms with E-state index in [9.17, 15) is 4.39 Å². The van der Waals surface area contributed by atoms with Crippen molar-refractivity contribution in [3.63, 3.8) is 0 Å². The first-order chi connectivity index (χ1) is 8.65. The molecular formula is C12H11FN2O2S. The Morgan fingerprint density at radius 1 is 1.17 bits per heavy atom. The smallest absolute Gasteiger partial charge is 0.183 e. The van der Waals surface area contributed by atoms with Crippen LogP contribution in [-0.2, 0) is 0 Å². The molecule has 4 nitrogen and oxygen atoms in total. The van der Waals surface area contributed by atoms with Gasteiger partial charge in [0.1, 0.15) is 11.5 Å². The molecule has 0 unspecified atom stereocenters. The summed E-state index contributed by atoms with van der Waals surface area (Å²) in [5, 5.41) is 0. The Morgan fingerprint density at radius 3 is 2.33 bits per heavy atom. The number of aromatic nitrogens is 2. The second-order valence-electron chi connectivity index (χ2n) is 3.50. The zero-order valence-electron chi connectivity index (χ0n) is 9.86. The van der Waals surface area contributed by atoms with Crippen molar-refractivity contribution in [2.75, 3.05) is 14.2 Å². The predicted molar refractivity (Wildman–Crippen MR) is 67.9 cm³/mol. The predicted octanol–water partition coefficient (Wildman–Crippen LogP) is 2.96. The topological polar surface area (TPSA) is 47.1 Å². The Bertz CT molecular complexity index is 605. The van der Waals surface area contributed by atoms with Crippen molar-refractivity contribution in [1.29, 1.82) is 0 Å². The second-order valence-corrected chi connectivity index (χ2v) is 3.88. The van der Waals surface area contributed by atoms with Gasteiger partial charge in [0.15, 0.2) is 10.5 Å². The highest BCUT2D eigenvalue weighted by atomic mass is 32.1. The van der Waals surface area contributed by atoms with Gasteiger partial charge < -0.3 is 14.5 Å². The van der Waals surface area contributed by atoms with E-state index in [2.05, 4.69) is 9.97 Å². The first-order valence-electron chi connectivity index (χ1n) is 5.12. The molecule has 2 aromatic rings. The summed E-state index contributed by atoms with van der Waals surface area (Å²) in [4.78, 5) is 6.40. The standard InChI is InChI=1S/C12H11FN2O2S/c1-16-8-3-7(4-9(5-8)17-2)11-10(13)12(18)15-6-14-11/h3-6H,1-2H3,(H,14,15,18). The Hall–Kier alpha value is -1.95. The number of nitrogens with one attached hydrogen (secondary N) is 1. The molecule has 1 N–H and O–H groups in total. The van der Waals surface area contributed by atoms with Crippen LogP contribution in [0.2, 0.25) is 0 Å². The van der Waals surface area contributed by atoms with Gasteiger partial charge in [-0.1, -0.05) is 12.2 Å². The molecule has 0 fully saturated rings. The van der Waals surface area contributed by atoms with Crippen molar-refractivity contribution in [3.8, 4) is 22.8 Å². The number of methoxy groups -OCH3 is 2. The molecule has 94 valence electrons. The van der Waals surface area contributed by atoms with Gasteiger partial charge in [-0.3, -0.25) is 0 Å². The number of ether oxygens (including phenoxy) is 2. The fourth-order valence-corrected chi connectivity index (χ4v) is 1.70. The van der Waals surface area contributed by atoms with Crippen LogP contribution in [0.5, 0.6) is 11.5 Å². The van der Waals surface area contributed by atoms with E-state index in [0.717, 1.165) is 0 Å². The number of rotatable bonds is 3. The number of aromatic amines is 1. The van der Waals surface area contributed by atoms with E-state index < -0.39 is 5.82 Å². The third-order valence-electron chi connectivity index (χ3n) is 2.44. The van der Waals surface area contributed by atoms with Gasteiger partial charge in [0.2, 0.25) is 0 Å². The fourth-order valence-electron chi connectivity index (χ4n) is 1.54. The van der Waals surface area contributed by atoms with E-state index in [1.165, 1.54) is 20.5 Å². The minimum atomic E-state index is -0.567. The maximum atomic E-state index is 13.9. The molecule has 0 saturated heterocycles. The highest BCUT2D eigenvalue weighted by Gasteiger charge is 2.10. The van der Waals surface area contributed by atoms with Gasteiger partial charge >= 0.3 is 0 Å². The Labute approximate surface area is 108 Å². The molecule has 0 atom stereocenters. The number of benzene rings is 1. The molecular weight excluding hydrogens is 255 g/mol.